The van der Waals surface area contributed by atoms with Crippen LogP contribution >= 0.6 is 0 Å². The highest BCUT2D eigenvalue weighted by Crippen LogP contribution is 2.28. The molecule has 19 heavy (non-hydrogen) atoms. The smallest absolute Gasteiger partial charge is 0.364 e. The van der Waals surface area contributed by atoms with Crippen molar-refractivity contribution in [1.82, 2.24) is 9.78 Å². The van der Waals surface area contributed by atoms with Gasteiger partial charge in [-0.3, -0.25) is 9.48 Å². The molecule has 4 nitrogen and oxygen atoms in total. The number of nitrogens with two attached hydrogens (primary N) is 1. The lowest BCUT2D eigenvalue weighted by Gasteiger charge is -1.98. The van der Waals surface area contributed by atoms with Gasteiger partial charge in [-0.05, 0) is 0 Å². The van der Waals surface area contributed by atoms with Crippen LogP contribution in [0.3, 0.4) is 0 Å². The van der Waals surface area contributed by atoms with E-state index in [1.54, 1.807) is 0 Å². The highest BCUT2D eigenvalue weighted by molar-refractivity contribution is 5.91. The fraction of sp³-hybridized carbons (Fsp3) is 0.667. The first-order chi connectivity index (χ1) is 8.73. The van der Waals surface area contributed by atoms with E-state index in [0.717, 1.165) is 4.68 Å². The van der Waals surface area contributed by atoms with Crippen LogP contribution < -0.4 is 5.73 Å². The molecule has 0 atom stereocenters. The topological polar surface area (TPSA) is 60.9 Å². The number of carbonyl (C=O) groups excluding carboxylic acids is 1. The molecule has 0 saturated heterocycles. The minimum Gasteiger partial charge on any atom is -0.364 e. The molecule has 0 aliphatic heterocycles. The Morgan fingerprint density at radius 1 is 1.32 bits per heavy atom. The van der Waals surface area contributed by atoms with E-state index in [2.05, 4.69) is 18.9 Å². The molecule has 0 unspecified atom stereocenters. The van der Waals surface area contributed by atoms with Crippen molar-refractivity contribution in [3.8, 4) is 0 Å². The standard InChI is InChI=1S/C6H6F3N3O.C4H10.C2H6/c1-12-3(5(10)13)2-4(11-12)6(7,8)9;1-3-4-2;1-2/h2H,1H3,(H2,10,13);3-4H2,1-2H3;1-2H3. The second-order valence-electron chi connectivity index (χ2n) is 3.40. The minimum absolute atomic E-state index is 0.271. The quantitative estimate of drug-likeness (QED) is 0.903. The number of hydrogen-bond donors (Lipinski definition) is 1. The number of aromatic nitrogens is 2. The number of aryl methyl sites for hydroxylation is 1. The number of primary amides is 1. The van der Waals surface area contributed by atoms with Gasteiger partial charge in [-0.25, -0.2) is 0 Å². The Kier molecular flexibility index (Phi) is 9.80. The Balaban J connectivity index is 0. The molecule has 112 valence electrons. The summed E-state index contributed by atoms with van der Waals surface area (Å²) in [5, 5.41) is 3.09. The molecule has 0 aliphatic carbocycles. The Morgan fingerprint density at radius 3 is 1.89 bits per heavy atom. The van der Waals surface area contributed by atoms with E-state index in [9.17, 15) is 18.0 Å². The number of hydrogen-bond acceptors (Lipinski definition) is 2. The van der Waals surface area contributed by atoms with E-state index in [-0.39, 0.29) is 5.69 Å². The van der Waals surface area contributed by atoms with Gasteiger partial charge in [0.15, 0.2) is 5.69 Å². The second kappa shape index (κ2) is 9.41. The van der Waals surface area contributed by atoms with Crippen LogP contribution in [0.1, 0.15) is 56.7 Å². The van der Waals surface area contributed by atoms with Crippen LogP contribution in [-0.4, -0.2) is 15.7 Å². The Hall–Kier alpha value is -1.53. The summed E-state index contributed by atoms with van der Waals surface area (Å²) in [6, 6.07) is 0.613. The van der Waals surface area contributed by atoms with E-state index in [4.69, 9.17) is 5.73 Å². The normalized spacial score (nSPS) is 9.89. The molecule has 0 radical (unpaired) electrons. The molecule has 1 amide bonds. The average molecular weight is 281 g/mol. The third-order valence-electron chi connectivity index (χ3n) is 1.92. The van der Waals surface area contributed by atoms with Crippen molar-refractivity contribution in [1.29, 1.82) is 0 Å². The van der Waals surface area contributed by atoms with Crippen molar-refractivity contribution in [2.45, 2.75) is 46.7 Å². The molecular weight excluding hydrogens is 259 g/mol. The van der Waals surface area contributed by atoms with Crippen LogP contribution in [0.5, 0.6) is 0 Å². The van der Waals surface area contributed by atoms with E-state index < -0.39 is 17.8 Å². The number of alkyl halides is 3. The molecule has 2 N–H and O–H groups in total. The zero-order valence-electron chi connectivity index (χ0n) is 12.0. The van der Waals surface area contributed by atoms with Gasteiger partial charge in [-0.2, -0.15) is 18.3 Å². The molecule has 1 aromatic heterocycles. The highest BCUT2D eigenvalue weighted by atomic mass is 19.4. The summed E-state index contributed by atoms with van der Waals surface area (Å²) in [6.45, 7) is 8.36. The van der Waals surface area contributed by atoms with Crippen molar-refractivity contribution >= 4 is 5.91 Å². The number of halogens is 3. The molecule has 0 fully saturated rings. The fourth-order valence-electron chi connectivity index (χ4n) is 0.836. The van der Waals surface area contributed by atoms with Gasteiger partial charge in [0, 0.05) is 13.1 Å². The van der Waals surface area contributed by atoms with Crippen LogP contribution in [0.2, 0.25) is 0 Å². The predicted octanol–water partition coefficient (Wildman–Crippen LogP) is 3.37. The molecule has 7 heteroatoms. The molecule has 1 rings (SSSR count). The molecule has 0 bridgehead atoms. The predicted molar refractivity (Wildman–Crippen MR) is 68.7 cm³/mol. The molecule has 0 saturated carbocycles. The number of unbranched alkanes of at least 4 members (excludes halogenated alkanes) is 1. The van der Waals surface area contributed by atoms with Crippen molar-refractivity contribution in [2.24, 2.45) is 12.8 Å². The van der Waals surface area contributed by atoms with Gasteiger partial charge in [0.25, 0.3) is 5.91 Å². The zero-order valence-corrected chi connectivity index (χ0v) is 12.0. The van der Waals surface area contributed by atoms with Crippen LogP contribution in [0, 0.1) is 0 Å². The van der Waals surface area contributed by atoms with Gasteiger partial charge in [-0.15, -0.1) is 0 Å². The van der Waals surface area contributed by atoms with Gasteiger partial charge in [0.2, 0.25) is 0 Å². The van der Waals surface area contributed by atoms with E-state index in [1.807, 2.05) is 13.8 Å². The summed E-state index contributed by atoms with van der Waals surface area (Å²) in [6.07, 6.45) is -1.91. The van der Waals surface area contributed by atoms with Gasteiger partial charge < -0.3 is 5.73 Å². The lowest BCUT2D eigenvalue weighted by Crippen LogP contribution is -2.15. The zero-order chi connectivity index (χ0) is 15.6. The molecule has 0 aromatic carbocycles. The van der Waals surface area contributed by atoms with E-state index in [1.165, 1.54) is 19.9 Å². The summed E-state index contributed by atoms with van der Waals surface area (Å²) in [7, 11) is 1.22. The first-order valence-corrected chi connectivity index (χ1v) is 6.15. The summed E-state index contributed by atoms with van der Waals surface area (Å²) >= 11 is 0. The van der Waals surface area contributed by atoms with Crippen LogP contribution in [0.15, 0.2) is 6.07 Å². The summed E-state index contributed by atoms with van der Waals surface area (Å²) in [5.41, 5.74) is 3.41. The van der Waals surface area contributed by atoms with Gasteiger partial charge in [-0.1, -0.05) is 40.5 Å². The number of carbonyl (C=O) groups is 1. The minimum atomic E-state index is -4.55. The van der Waals surface area contributed by atoms with E-state index >= 15 is 0 Å². The van der Waals surface area contributed by atoms with Crippen molar-refractivity contribution in [3.05, 3.63) is 17.5 Å². The first kappa shape index (κ1) is 19.8. The maximum atomic E-state index is 12.0. The molecule has 0 aliphatic rings. The van der Waals surface area contributed by atoms with Crippen LogP contribution in [-0.2, 0) is 13.2 Å². The summed E-state index contributed by atoms with van der Waals surface area (Å²) < 4.78 is 36.8. The maximum Gasteiger partial charge on any atom is 0.435 e. The van der Waals surface area contributed by atoms with E-state index in [0.29, 0.717) is 6.07 Å². The SMILES string of the molecule is CC.CCCC.Cn1nc(C(F)(F)F)cc1C(N)=O. The Morgan fingerprint density at radius 2 is 1.74 bits per heavy atom. The molecular formula is C12H22F3N3O. The van der Waals surface area contributed by atoms with Crippen LogP contribution in [0.4, 0.5) is 13.2 Å². The monoisotopic (exact) mass is 281 g/mol. The maximum absolute atomic E-state index is 12.0. The Bertz CT molecular complexity index is 371. The van der Waals surface area contributed by atoms with Crippen molar-refractivity contribution in [2.75, 3.05) is 0 Å². The second-order valence-corrected chi connectivity index (χ2v) is 3.40. The average Bonchev–Trinajstić information content (AvgIpc) is 2.74. The number of amides is 1. The van der Waals surface area contributed by atoms with Crippen molar-refractivity contribution < 1.29 is 18.0 Å². The largest absolute Gasteiger partial charge is 0.435 e. The summed E-state index contributed by atoms with van der Waals surface area (Å²) in [4.78, 5) is 10.6. The first-order valence-electron chi connectivity index (χ1n) is 6.15. The lowest BCUT2D eigenvalue weighted by molar-refractivity contribution is -0.141. The molecule has 1 aromatic rings. The van der Waals surface area contributed by atoms with Crippen molar-refractivity contribution in [3.63, 3.8) is 0 Å². The fourth-order valence-corrected chi connectivity index (χ4v) is 0.836. The number of rotatable bonds is 2. The highest BCUT2D eigenvalue weighted by Gasteiger charge is 2.35. The third kappa shape index (κ3) is 7.48. The summed E-state index contributed by atoms with van der Waals surface area (Å²) in [5.74, 6) is -0.939. The van der Waals surface area contributed by atoms with Crippen LogP contribution in [0.25, 0.3) is 0 Å². The molecule has 0 spiro atoms. The van der Waals surface area contributed by atoms with Gasteiger partial charge in [0.1, 0.15) is 5.69 Å². The van der Waals surface area contributed by atoms with Gasteiger partial charge >= 0.3 is 6.18 Å². The third-order valence-corrected chi connectivity index (χ3v) is 1.92. The number of nitrogens with zero attached hydrogens (tertiary/aromatic N) is 2. The lowest BCUT2D eigenvalue weighted by atomic mass is 10.3. The Labute approximate surface area is 111 Å². The molecule has 1 heterocycles. The van der Waals surface area contributed by atoms with Gasteiger partial charge in [0.05, 0.1) is 0 Å².